The number of para-hydroxylation sites is 1. The van der Waals surface area contributed by atoms with Gasteiger partial charge in [0.1, 0.15) is 23.7 Å². The molecule has 2 aromatic carbocycles. The fourth-order valence-corrected chi connectivity index (χ4v) is 2.71. The number of fused-ring (bicyclic) bond motifs is 1. The van der Waals surface area contributed by atoms with Gasteiger partial charge in [0, 0.05) is 23.1 Å². The zero-order chi connectivity index (χ0) is 19.2. The Kier molecular flexibility index (Phi) is 5.76. The van der Waals surface area contributed by atoms with E-state index in [1.165, 1.54) is 12.1 Å². The molecule has 6 heteroatoms. The molecule has 1 aromatic heterocycles. The molecule has 0 radical (unpaired) electrons. The van der Waals surface area contributed by atoms with Gasteiger partial charge in [0.2, 0.25) is 0 Å². The van der Waals surface area contributed by atoms with Gasteiger partial charge >= 0.3 is 11.6 Å². The highest BCUT2D eigenvalue weighted by atomic mass is 16.5. The summed E-state index contributed by atoms with van der Waals surface area (Å²) >= 11 is 0. The minimum Gasteiger partial charge on any atom is -0.508 e. The normalized spacial score (nSPS) is 10.7. The first-order valence-electron chi connectivity index (χ1n) is 8.69. The molecule has 27 heavy (non-hydrogen) atoms. The summed E-state index contributed by atoms with van der Waals surface area (Å²) in [6, 6.07) is 13.6. The maximum atomic E-state index is 12.0. The molecule has 1 N–H and O–H groups in total. The Morgan fingerprint density at radius 1 is 1.11 bits per heavy atom. The third-order valence-electron chi connectivity index (χ3n) is 4.12. The highest BCUT2D eigenvalue weighted by Crippen LogP contribution is 2.27. The van der Waals surface area contributed by atoms with Crippen LogP contribution in [-0.2, 0) is 22.6 Å². The van der Waals surface area contributed by atoms with Crippen LogP contribution in [0.15, 0.2) is 57.7 Å². The first kappa shape index (κ1) is 18.5. The van der Waals surface area contributed by atoms with Crippen LogP contribution >= 0.6 is 0 Å². The average molecular weight is 368 g/mol. The highest BCUT2D eigenvalue weighted by molar-refractivity contribution is 5.83. The number of carbonyl (C=O) groups is 1. The number of phenolic OH excluding ortho intramolecular Hbond substituents is 1. The van der Waals surface area contributed by atoms with E-state index in [2.05, 4.69) is 0 Å². The van der Waals surface area contributed by atoms with Crippen LogP contribution in [0.1, 0.15) is 24.5 Å². The van der Waals surface area contributed by atoms with Crippen molar-refractivity contribution >= 4 is 16.9 Å². The molecule has 1 heterocycles. The van der Waals surface area contributed by atoms with E-state index in [-0.39, 0.29) is 31.0 Å². The molecular weight excluding hydrogens is 348 g/mol. The Balaban J connectivity index is 1.65. The van der Waals surface area contributed by atoms with Crippen molar-refractivity contribution in [2.75, 3.05) is 6.61 Å². The first-order chi connectivity index (χ1) is 13.1. The maximum Gasteiger partial charge on any atom is 0.336 e. The third kappa shape index (κ3) is 4.67. The summed E-state index contributed by atoms with van der Waals surface area (Å²) in [5.74, 6) is 0.325. The highest BCUT2D eigenvalue weighted by Gasteiger charge is 2.12. The van der Waals surface area contributed by atoms with Crippen LogP contribution in [0.4, 0.5) is 0 Å². The van der Waals surface area contributed by atoms with Gasteiger partial charge in [-0.25, -0.2) is 4.79 Å². The van der Waals surface area contributed by atoms with Gasteiger partial charge in [-0.05, 0) is 30.2 Å². The molecule has 0 aliphatic rings. The van der Waals surface area contributed by atoms with Crippen molar-refractivity contribution in [1.29, 1.82) is 0 Å². The molecule has 3 rings (SSSR count). The van der Waals surface area contributed by atoms with E-state index in [0.29, 0.717) is 23.1 Å². The number of esters is 1. The zero-order valence-electron chi connectivity index (χ0n) is 14.9. The van der Waals surface area contributed by atoms with E-state index in [0.717, 1.165) is 5.56 Å². The van der Waals surface area contributed by atoms with Crippen molar-refractivity contribution in [2.45, 2.75) is 26.4 Å². The van der Waals surface area contributed by atoms with Crippen molar-refractivity contribution in [3.8, 4) is 11.5 Å². The fourth-order valence-electron chi connectivity index (χ4n) is 2.71. The molecule has 0 bridgehead atoms. The first-order valence-corrected chi connectivity index (χ1v) is 8.69. The molecule has 3 aromatic rings. The molecule has 0 spiro atoms. The number of phenols is 1. The second kappa shape index (κ2) is 8.40. The number of hydrogen-bond donors (Lipinski definition) is 1. The lowest BCUT2D eigenvalue weighted by Gasteiger charge is -2.10. The van der Waals surface area contributed by atoms with Gasteiger partial charge < -0.3 is 19.0 Å². The number of aryl methyl sites for hydroxylation is 1. The molecule has 0 fully saturated rings. The Labute approximate surface area is 156 Å². The van der Waals surface area contributed by atoms with Crippen molar-refractivity contribution in [2.24, 2.45) is 0 Å². The molecular formula is C21H20O6. The van der Waals surface area contributed by atoms with Gasteiger partial charge in [0.05, 0.1) is 13.0 Å². The quantitative estimate of drug-likeness (QED) is 0.507. The van der Waals surface area contributed by atoms with E-state index in [4.69, 9.17) is 13.9 Å². The molecule has 140 valence electrons. The van der Waals surface area contributed by atoms with Gasteiger partial charge in [-0.15, -0.1) is 0 Å². The smallest absolute Gasteiger partial charge is 0.336 e. The zero-order valence-corrected chi connectivity index (χ0v) is 14.9. The number of hydrogen-bond acceptors (Lipinski definition) is 6. The lowest BCUT2D eigenvalue weighted by atomic mass is 10.0. The van der Waals surface area contributed by atoms with Gasteiger partial charge in [-0.3, -0.25) is 4.79 Å². The molecule has 0 aliphatic heterocycles. The topological polar surface area (TPSA) is 86.0 Å². The number of rotatable bonds is 7. The summed E-state index contributed by atoms with van der Waals surface area (Å²) in [7, 11) is 0. The van der Waals surface area contributed by atoms with Gasteiger partial charge in [-0.1, -0.05) is 25.1 Å². The van der Waals surface area contributed by atoms with Crippen LogP contribution in [0, 0.1) is 0 Å². The van der Waals surface area contributed by atoms with Crippen molar-refractivity contribution in [3.05, 3.63) is 70.1 Å². The lowest BCUT2D eigenvalue weighted by molar-refractivity contribution is -0.145. The standard InChI is InChI=1S/C21H20O6/c1-2-14-10-17-15(11-21(24)27-19(17)12-18(14)22)13-26-20(23)8-9-25-16-6-4-3-5-7-16/h3-7,10-12,22H,2,8-9,13H2,1H3. The third-order valence-corrected chi connectivity index (χ3v) is 4.12. The summed E-state index contributed by atoms with van der Waals surface area (Å²) in [5, 5.41) is 10.6. The van der Waals surface area contributed by atoms with Crippen LogP contribution in [-0.4, -0.2) is 17.7 Å². The number of aromatic hydroxyl groups is 1. The summed E-state index contributed by atoms with van der Waals surface area (Å²) in [5.41, 5.74) is 0.953. The number of ether oxygens (including phenoxy) is 2. The van der Waals surface area contributed by atoms with Crippen molar-refractivity contribution in [1.82, 2.24) is 0 Å². The van der Waals surface area contributed by atoms with E-state index in [1.807, 2.05) is 25.1 Å². The Hall–Kier alpha value is -3.28. The molecule has 6 nitrogen and oxygen atoms in total. The average Bonchev–Trinajstić information content (AvgIpc) is 2.66. The largest absolute Gasteiger partial charge is 0.508 e. The predicted molar refractivity (Wildman–Crippen MR) is 99.9 cm³/mol. The molecule has 0 saturated heterocycles. The van der Waals surface area contributed by atoms with Gasteiger partial charge in [0.25, 0.3) is 0 Å². The molecule has 0 saturated carbocycles. The minimum absolute atomic E-state index is 0.0554. The summed E-state index contributed by atoms with van der Waals surface area (Å²) in [6.07, 6.45) is 0.715. The molecule has 0 unspecified atom stereocenters. The van der Waals surface area contributed by atoms with E-state index in [1.54, 1.807) is 18.2 Å². The van der Waals surface area contributed by atoms with Crippen molar-refractivity contribution < 1.29 is 23.8 Å². The van der Waals surface area contributed by atoms with Crippen LogP contribution < -0.4 is 10.4 Å². The molecule has 0 amide bonds. The van der Waals surface area contributed by atoms with E-state index >= 15 is 0 Å². The fraction of sp³-hybridized carbons (Fsp3) is 0.238. The van der Waals surface area contributed by atoms with E-state index < -0.39 is 11.6 Å². The minimum atomic E-state index is -0.565. The number of carbonyl (C=O) groups excluding carboxylic acids is 1. The van der Waals surface area contributed by atoms with Crippen LogP contribution in [0.5, 0.6) is 11.5 Å². The molecule has 0 atom stereocenters. The summed E-state index contributed by atoms with van der Waals surface area (Å²) in [6.45, 7) is 2.06. The Morgan fingerprint density at radius 2 is 1.89 bits per heavy atom. The van der Waals surface area contributed by atoms with Gasteiger partial charge in [-0.2, -0.15) is 0 Å². The van der Waals surface area contributed by atoms with Crippen molar-refractivity contribution in [3.63, 3.8) is 0 Å². The monoisotopic (exact) mass is 368 g/mol. The maximum absolute atomic E-state index is 12.0. The Bertz CT molecular complexity index is 991. The summed E-state index contributed by atoms with van der Waals surface area (Å²) in [4.78, 5) is 23.7. The second-order valence-corrected chi connectivity index (χ2v) is 5.99. The van der Waals surface area contributed by atoms with E-state index in [9.17, 15) is 14.7 Å². The number of benzene rings is 2. The van der Waals surface area contributed by atoms with Crippen LogP contribution in [0.3, 0.4) is 0 Å². The van der Waals surface area contributed by atoms with Crippen LogP contribution in [0.2, 0.25) is 0 Å². The SMILES string of the molecule is CCc1cc2c(COC(=O)CCOc3ccccc3)cc(=O)oc2cc1O. The van der Waals surface area contributed by atoms with Gasteiger partial charge in [0.15, 0.2) is 0 Å². The predicted octanol–water partition coefficient (Wildman–Crippen LogP) is 3.57. The van der Waals surface area contributed by atoms with Crippen LogP contribution in [0.25, 0.3) is 11.0 Å². The second-order valence-electron chi connectivity index (χ2n) is 5.99. The lowest BCUT2D eigenvalue weighted by Crippen LogP contribution is -2.11. The summed E-state index contributed by atoms with van der Waals surface area (Å²) < 4.78 is 15.9. The molecule has 0 aliphatic carbocycles. The Morgan fingerprint density at radius 3 is 2.63 bits per heavy atom.